The van der Waals surface area contributed by atoms with Crippen LogP contribution in [0.3, 0.4) is 0 Å². The minimum Gasteiger partial charge on any atom is -0.456 e. The predicted molar refractivity (Wildman–Crippen MR) is 155 cm³/mol. The van der Waals surface area contributed by atoms with E-state index in [1.807, 2.05) is 0 Å². The van der Waals surface area contributed by atoms with Crippen molar-refractivity contribution in [3.05, 3.63) is 11.6 Å². The number of oxime groups is 1. The Morgan fingerprint density at radius 2 is 1.43 bits per heavy atom. The summed E-state index contributed by atoms with van der Waals surface area (Å²) in [5, 5.41) is 4.94. The molecule has 7 atom stereocenters. The topological polar surface area (TPSA) is 40.0 Å². The van der Waals surface area contributed by atoms with Crippen molar-refractivity contribution in [2.24, 2.45) is 33.7 Å². The van der Waals surface area contributed by atoms with E-state index in [-0.39, 0.29) is 11.5 Å². The van der Waals surface area contributed by atoms with Crippen LogP contribution in [0.15, 0.2) is 16.8 Å². The second kappa shape index (κ2) is 9.21. The molecule has 0 heterocycles. The van der Waals surface area contributed by atoms with Gasteiger partial charge in [-0.25, -0.2) is 0 Å². The Morgan fingerprint density at radius 3 is 2.03 bits per heavy atom. The summed E-state index contributed by atoms with van der Waals surface area (Å²) in [6.07, 6.45) is 11.7. The molecule has 0 aromatic heterocycles. The lowest BCUT2D eigenvalue weighted by Crippen LogP contribution is -2.51. The third-order valence-corrected chi connectivity index (χ3v) is 11.9. The zero-order chi connectivity index (χ0) is 26.0. The van der Waals surface area contributed by atoms with Crippen molar-refractivity contribution >= 4 is 30.7 Å². The summed E-state index contributed by atoms with van der Waals surface area (Å²) in [5.74, 6) is 2.14. The van der Waals surface area contributed by atoms with E-state index in [0.29, 0.717) is 17.4 Å². The van der Waals surface area contributed by atoms with Crippen LogP contribution in [0.2, 0.25) is 58.9 Å². The highest BCUT2D eigenvalue weighted by molar-refractivity contribution is 6.70. The summed E-state index contributed by atoms with van der Waals surface area (Å²) in [5.41, 5.74) is 3.39. The Hall–Kier alpha value is -0.219. The molecule has 3 unspecified atom stereocenters. The highest BCUT2D eigenvalue weighted by Crippen LogP contribution is 2.64. The normalized spacial score (nSPS) is 41.2. The molecular weight excluding hydrogens is 483 g/mol. The molecule has 4 rings (SSSR count). The summed E-state index contributed by atoms with van der Waals surface area (Å²) >= 11 is 0. The van der Waals surface area contributed by atoms with E-state index >= 15 is 0 Å². The summed E-state index contributed by atoms with van der Waals surface area (Å²) in [7, 11) is -4.95. The molecule has 3 saturated carbocycles. The van der Waals surface area contributed by atoms with Gasteiger partial charge in [-0.1, -0.05) is 25.5 Å². The van der Waals surface area contributed by atoms with Gasteiger partial charge in [-0.05, 0) is 127 Å². The second-order valence-electron chi connectivity index (χ2n) is 15.4. The maximum atomic E-state index is 6.82. The summed E-state index contributed by atoms with van der Waals surface area (Å²) < 4.78 is 19.6. The van der Waals surface area contributed by atoms with Gasteiger partial charge in [0, 0.05) is 11.5 Å². The van der Waals surface area contributed by atoms with Crippen molar-refractivity contribution in [1.82, 2.24) is 0 Å². The van der Waals surface area contributed by atoms with Crippen molar-refractivity contribution in [1.29, 1.82) is 0 Å². The third-order valence-electron chi connectivity index (χ3n) is 9.24. The monoisotopic (exact) mass is 535 g/mol. The fourth-order valence-electron chi connectivity index (χ4n) is 7.89. The van der Waals surface area contributed by atoms with Gasteiger partial charge in [0.15, 0.2) is 16.6 Å². The molecule has 7 heteroatoms. The fourth-order valence-corrected chi connectivity index (χ4v) is 10.5. The molecule has 0 aromatic carbocycles. The molecule has 35 heavy (non-hydrogen) atoms. The maximum Gasteiger partial charge on any atom is 0.278 e. The first-order valence-corrected chi connectivity index (χ1v) is 24.5. The Bertz CT molecular complexity index is 868. The number of hydrogen-bond acceptors (Lipinski definition) is 4. The fraction of sp³-hybridized carbons (Fsp3) is 0.893. The van der Waals surface area contributed by atoms with E-state index in [1.165, 1.54) is 37.8 Å². The average molecular weight is 536 g/mol. The molecule has 0 N–H and O–H groups in total. The number of allylic oxidation sites excluding steroid dienone is 1. The molecule has 0 spiro atoms. The van der Waals surface area contributed by atoms with Gasteiger partial charge in [0.05, 0.1) is 11.8 Å². The molecule has 4 nitrogen and oxygen atoms in total. The van der Waals surface area contributed by atoms with Crippen molar-refractivity contribution in [2.45, 2.75) is 130 Å². The standard InChI is InChI=1S/C28H53NO3Si3/c1-27-16-14-21(30-33(3,4)5)18-20(27)12-13-22-23(27)15-17-28(2)24(22)19-25(31-34(6,7)8)26(28)29-32-35(9,10)11/h12,21-25H,13-19H2,1-11H3/b29-26+/t21-,22?,23?,24?,25+,27-,28-/m0/s1. The van der Waals surface area contributed by atoms with Crippen molar-refractivity contribution in [2.75, 3.05) is 0 Å². The van der Waals surface area contributed by atoms with Crippen LogP contribution in [-0.2, 0) is 13.4 Å². The lowest BCUT2D eigenvalue weighted by atomic mass is 9.48. The smallest absolute Gasteiger partial charge is 0.278 e. The highest BCUT2D eigenvalue weighted by Gasteiger charge is 2.61. The Morgan fingerprint density at radius 1 is 0.800 bits per heavy atom. The molecule has 0 bridgehead atoms. The number of fused-ring (bicyclic) bond motifs is 5. The lowest BCUT2D eigenvalue weighted by Gasteiger charge is -2.57. The molecule has 0 aromatic rings. The van der Waals surface area contributed by atoms with Crippen molar-refractivity contribution in [3.8, 4) is 0 Å². The zero-order valence-corrected chi connectivity index (χ0v) is 27.6. The molecule has 3 fully saturated rings. The molecule has 4 aliphatic carbocycles. The van der Waals surface area contributed by atoms with Gasteiger partial charge in [-0.3, -0.25) is 0 Å². The van der Waals surface area contributed by atoms with Crippen LogP contribution >= 0.6 is 0 Å². The van der Waals surface area contributed by atoms with E-state index < -0.39 is 25.0 Å². The minimum atomic E-state index is -1.75. The number of nitrogens with zero attached hydrogens (tertiary/aromatic N) is 1. The summed E-state index contributed by atoms with van der Waals surface area (Å²) in [6, 6.07) is 0. The molecule has 0 saturated heterocycles. The van der Waals surface area contributed by atoms with Gasteiger partial charge < -0.3 is 13.4 Å². The van der Waals surface area contributed by atoms with Crippen LogP contribution in [0.25, 0.3) is 0 Å². The average Bonchev–Trinajstić information content (AvgIpc) is 2.94. The first-order chi connectivity index (χ1) is 15.9. The Kier molecular flexibility index (Phi) is 7.32. The van der Waals surface area contributed by atoms with Gasteiger partial charge in [-0.15, -0.1) is 5.16 Å². The SMILES string of the molecule is C[C@]12CC[C@H](O[Si](C)(C)C)CC1=CCC1C2CC[C@]2(C)/C(=N/O[Si](C)(C)C)[C@H](O[Si](C)(C)C)CC12. The van der Waals surface area contributed by atoms with Crippen LogP contribution in [0.5, 0.6) is 0 Å². The lowest BCUT2D eigenvalue weighted by molar-refractivity contribution is -0.0213. The molecule has 0 aliphatic heterocycles. The molecule has 200 valence electrons. The van der Waals surface area contributed by atoms with E-state index in [2.05, 4.69) is 78.8 Å². The molecule has 0 amide bonds. The summed E-state index contributed by atoms with van der Waals surface area (Å²) in [6.45, 7) is 25.7. The minimum absolute atomic E-state index is 0.102. The van der Waals surface area contributed by atoms with Gasteiger partial charge >= 0.3 is 0 Å². The first-order valence-electron chi connectivity index (χ1n) is 14.2. The van der Waals surface area contributed by atoms with Crippen LogP contribution in [0, 0.1) is 28.6 Å². The van der Waals surface area contributed by atoms with E-state index in [1.54, 1.807) is 5.57 Å². The highest BCUT2D eigenvalue weighted by atomic mass is 28.4. The first kappa shape index (κ1) is 27.8. The zero-order valence-electron chi connectivity index (χ0n) is 24.6. The molecule has 0 radical (unpaired) electrons. The van der Waals surface area contributed by atoms with Gasteiger partial charge in [0.1, 0.15) is 0 Å². The largest absolute Gasteiger partial charge is 0.456 e. The molecular formula is C28H53NO3Si3. The third kappa shape index (κ3) is 5.79. The number of rotatable bonds is 6. The Balaban J connectivity index is 1.62. The van der Waals surface area contributed by atoms with Crippen LogP contribution in [-0.4, -0.2) is 42.9 Å². The van der Waals surface area contributed by atoms with E-state index in [9.17, 15) is 0 Å². The summed E-state index contributed by atoms with van der Waals surface area (Å²) in [4.78, 5) is 0. The maximum absolute atomic E-state index is 6.82. The van der Waals surface area contributed by atoms with E-state index in [4.69, 9.17) is 18.5 Å². The van der Waals surface area contributed by atoms with E-state index in [0.717, 1.165) is 24.7 Å². The van der Waals surface area contributed by atoms with Crippen molar-refractivity contribution < 1.29 is 13.4 Å². The number of hydrogen-bond donors (Lipinski definition) is 0. The van der Waals surface area contributed by atoms with Crippen LogP contribution < -0.4 is 0 Å². The predicted octanol–water partition coefficient (Wildman–Crippen LogP) is 8.21. The second-order valence-corrected chi connectivity index (χ2v) is 28.8. The Labute approximate surface area is 219 Å². The van der Waals surface area contributed by atoms with Crippen molar-refractivity contribution in [3.63, 3.8) is 0 Å². The van der Waals surface area contributed by atoms with Gasteiger partial charge in [0.2, 0.25) is 0 Å². The quantitative estimate of drug-likeness (QED) is 0.195. The van der Waals surface area contributed by atoms with Crippen LogP contribution in [0.1, 0.15) is 58.8 Å². The van der Waals surface area contributed by atoms with Crippen LogP contribution in [0.4, 0.5) is 0 Å². The van der Waals surface area contributed by atoms with Gasteiger partial charge in [-0.2, -0.15) is 0 Å². The van der Waals surface area contributed by atoms with Gasteiger partial charge in [0.25, 0.3) is 8.32 Å². The molecule has 4 aliphatic rings.